The standard InChI is InChI=1S/C24H22O4Si/c1-4-28-24(27)18-8-6-5-7-17(18)23-19-11-9-15(25)13-21(19)29(2,3)22-14-16(26)10-12-20(22)23/h5-14,25H,4H2,1-3H3. The highest BCUT2D eigenvalue weighted by atomic mass is 28.3. The van der Waals surface area contributed by atoms with Crippen LogP contribution in [0.3, 0.4) is 0 Å². The Hall–Kier alpha value is -3.18. The van der Waals surface area contributed by atoms with Crippen molar-refractivity contribution < 1.29 is 19.4 Å². The number of ketones is 1. The predicted molar refractivity (Wildman–Crippen MR) is 116 cm³/mol. The van der Waals surface area contributed by atoms with Gasteiger partial charge in [0.2, 0.25) is 0 Å². The molecule has 1 heterocycles. The van der Waals surface area contributed by atoms with Crippen LogP contribution in [0.2, 0.25) is 13.1 Å². The second-order valence-electron chi connectivity index (χ2n) is 7.70. The number of hydrogen-bond donors (Lipinski definition) is 1. The van der Waals surface area contributed by atoms with Crippen molar-refractivity contribution in [3.63, 3.8) is 0 Å². The van der Waals surface area contributed by atoms with Gasteiger partial charge in [-0.3, -0.25) is 4.79 Å². The van der Waals surface area contributed by atoms with E-state index in [0.717, 1.165) is 32.7 Å². The van der Waals surface area contributed by atoms with E-state index in [1.165, 1.54) is 0 Å². The van der Waals surface area contributed by atoms with Gasteiger partial charge < -0.3 is 9.84 Å². The summed E-state index contributed by atoms with van der Waals surface area (Å²) in [5.74, 6) is -0.213. The van der Waals surface area contributed by atoms with Crippen LogP contribution in [0.4, 0.5) is 0 Å². The van der Waals surface area contributed by atoms with Crippen molar-refractivity contribution in [3.05, 3.63) is 88.2 Å². The first kappa shape index (κ1) is 19.1. The Labute approximate surface area is 170 Å². The van der Waals surface area contributed by atoms with E-state index in [4.69, 9.17) is 4.74 Å². The number of fused-ring (bicyclic) bond motifs is 2. The maximum absolute atomic E-state index is 12.7. The summed E-state index contributed by atoms with van der Waals surface area (Å²) in [4.78, 5) is 24.9. The average molecular weight is 403 g/mol. The van der Waals surface area contributed by atoms with Crippen molar-refractivity contribution in [1.29, 1.82) is 0 Å². The van der Waals surface area contributed by atoms with Gasteiger partial charge >= 0.3 is 5.97 Å². The molecule has 2 aromatic carbocycles. The molecule has 0 bridgehead atoms. The van der Waals surface area contributed by atoms with Crippen LogP contribution in [0.5, 0.6) is 5.75 Å². The maximum Gasteiger partial charge on any atom is 0.338 e. The van der Waals surface area contributed by atoms with Gasteiger partial charge in [-0.05, 0) is 69.9 Å². The molecule has 0 saturated heterocycles. The van der Waals surface area contributed by atoms with Crippen LogP contribution in [0.15, 0.2) is 71.5 Å². The summed E-state index contributed by atoms with van der Waals surface area (Å²) in [5.41, 5.74) is 4.10. The van der Waals surface area contributed by atoms with Gasteiger partial charge in [0.1, 0.15) is 13.8 Å². The van der Waals surface area contributed by atoms with Gasteiger partial charge in [-0.25, -0.2) is 4.79 Å². The van der Waals surface area contributed by atoms with Crippen LogP contribution in [0.1, 0.15) is 28.4 Å². The number of benzene rings is 2. The molecular formula is C24H22O4Si. The van der Waals surface area contributed by atoms with Crippen molar-refractivity contribution in [2.75, 3.05) is 6.61 Å². The molecule has 0 fully saturated rings. The fourth-order valence-corrected chi connectivity index (χ4v) is 7.26. The SMILES string of the molecule is CCOC(=O)c1ccccc1C1=C2C=CC(=O)C=C2[Si](C)(C)c2cc(O)ccc21. The zero-order valence-electron chi connectivity index (χ0n) is 16.7. The summed E-state index contributed by atoms with van der Waals surface area (Å²) < 4.78 is 5.28. The smallest absolute Gasteiger partial charge is 0.338 e. The third-order valence-corrected chi connectivity index (χ3v) is 9.09. The Balaban J connectivity index is 2.08. The Bertz CT molecular complexity index is 1140. The van der Waals surface area contributed by atoms with Crippen molar-refractivity contribution in [2.45, 2.75) is 20.0 Å². The minimum Gasteiger partial charge on any atom is -0.508 e. The number of phenols is 1. The molecule has 0 aromatic heterocycles. The van der Waals surface area contributed by atoms with Crippen LogP contribution >= 0.6 is 0 Å². The first-order chi connectivity index (χ1) is 13.8. The summed E-state index contributed by atoms with van der Waals surface area (Å²) in [6.45, 7) is 6.43. The van der Waals surface area contributed by atoms with Gasteiger partial charge in [-0.1, -0.05) is 43.4 Å². The van der Waals surface area contributed by atoms with Crippen LogP contribution in [-0.4, -0.2) is 31.5 Å². The predicted octanol–water partition coefficient (Wildman–Crippen LogP) is 3.90. The Morgan fingerprint density at radius 2 is 1.83 bits per heavy atom. The van der Waals surface area contributed by atoms with Gasteiger partial charge in [-0.2, -0.15) is 0 Å². The van der Waals surface area contributed by atoms with Crippen LogP contribution < -0.4 is 5.19 Å². The normalized spacial score (nSPS) is 16.8. The number of phenolic OH excluding ortho intramolecular Hbond substituents is 1. The van der Waals surface area contributed by atoms with E-state index >= 15 is 0 Å². The van der Waals surface area contributed by atoms with Gasteiger partial charge in [-0.15, -0.1) is 0 Å². The largest absolute Gasteiger partial charge is 0.508 e. The second-order valence-corrected chi connectivity index (χ2v) is 12.0. The first-order valence-electron chi connectivity index (χ1n) is 9.64. The Morgan fingerprint density at radius 1 is 1.07 bits per heavy atom. The minimum absolute atomic E-state index is 0.0362. The lowest BCUT2D eigenvalue weighted by Crippen LogP contribution is -2.49. The molecule has 1 N–H and O–H groups in total. The van der Waals surface area contributed by atoms with E-state index in [0.29, 0.717) is 12.2 Å². The number of hydrogen-bond acceptors (Lipinski definition) is 4. The maximum atomic E-state index is 12.7. The first-order valence-corrected chi connectivity index (χ1v) is 12.6. The number of carbonyl (C=O) groups excluding carboxylic acids is 2. The van der Waals surface area contributed by atoms with Gasteiger partial charge in [0, 0.05) is 0 Å². The van der Waals surface area contributed by atoms with Crippen LogP contribution in [0, 0.1) is 0 Å². The van der Waals surface area contributed by atoms with E-state index in [2.05, 4.69) is 13.1 Å². The average Bonchev–Trinajstić information content (AvgIpc) is 2.70. The summed E-state index contributed by atoms with van der Waals surface area (Å²) in [6, 6.07) is 12.8. The molecule has 0 spiro atoms. The van der Waals surface area contributed by atoms with E-state index in [-0.39, 0.29) is 17.5 Å². The van der Waals surface area contributed by atoms with E-state index in [9.17, 15) is 14.7 Å². The van der Waals surface area contributed by atoms with Crippen LogP contribution in [0.25, 0.3) is 5.57 Å². The van der Waals surface area contributed by atoms with Crippen LogP contribution in [-0.2, 0) is 9.53 Å². The summed E-state index contributed by atoms with van der Waals surface area (Å²) in [6.07, 6.45) is 5.14. The van der Waals surface area contributed by atoms with E-state index in [1.807, 2.05) is 30.3 Å². The monoisotopic (exact) mass is 402 g/mol. The molecule has 0 saturated carbocycles. The van der Waals surface area contributed by atoms with Crippen molar-refractivity contribution in [2.24, 2.45) is 0 Å². The molecule has 2 aliphatic rings. The van der Waals surface area contributed by atoms with Crippen molar-refractivity contribution >= 4 is 30.6 Å². The Morgan fingerprint density at radius 3 is 2.59 bits per heavy atom. The number of rotatable bonds is 3. The molecule has 4 nitrogen and oxygen atoms in total. The number of aromatic hydroxyl groups is 1. The molecule has 0 amide bonds. The lowest BCUT2D eigenvalue weighted by atomic mass is 9.87. The molecule has 0 radical (unpaired) electrons. The lowest BCUT2D eigenvalue weighted by Gasteiger charge is -2.37. The molecule has 146 valence electrons. The third-order valence-electron chi connectivity index (χ3n) is 5.57. The molecule has 0 atom stereocenters. The molecule has 4 rings (SSSR count). The highest BCUT2D eigenvalue weighted by Gasteiger charge is 2.40. The zero-order chi connectivity index (χ0) is 20.8. The highest BCUT2D eigenvalue weighted by Crippen LogP contribution is 2.42. The molecule has 1 aliphatic heterocycles. The molecule has 1 aliphatic carbocycles. The molecule has 5 heteroatoms. The number of carbonyl (C=O) groups is 2. The number of ether oxygens (including phenoxy) is 1. The van der Waals surface area contributed by atoms with Gasteiger partial charge in [0.05, 0.1) is 12.2 Å². The fourth-order valence-electron chi connectivity index (χ4n) is 4.19. The molecule has 0 unspecified atom stereocenters. The Kier molecular flexibility index (Phi) is 4.63. The third kappa shape index (κ3) is 3.08. The zero-order valence-corrected chi connectivity index (χ0v) is 17.7. The number of allylic oxidation sites excluding steroid dienone is 5. The summed E-state index contributed by atoms with van der Waals surface area (Å²) in [7, 11) is -2.23. The van der Waals surface area contributed by atoms with E-state index < -0.39 is 8.07 Å². The van der Waals surface area contributed by atoms with Crippen molar-refractivity contribution in [3.8, 4) is 5.75 Å². The minimum atomic E-state index is -2.23. The lowest BCUT2D eigenvalue weighted by molar-refractivity contribution is -0.110. The van der Waals surface area contributed by atoms with Gasteiger partial charge in [0.25, 0.3) is 0 Å². The summed E-state index contributed by atoms with van der Waals surface area (Å²) >= 11 is 0. The van der Waals surface area contributed by atoms with Crippen molar-refractivity contribution in [1.82, 2.24) is 0 Å². The fraction of sp³-hybridized carbons (Fsp3) is 0.167. The topological polar surface area (TPSA) is 63.6 Å². The summed E-state index contributed by atoms with van der Waals surface area (Å²) in [5, 5.41) is 12.2. The van der Waals surface area contributed by atoms with E-state index in [1.54, 1.807) is 37.3 Å². The molecule has 2 aromatic rings. The highest BCUT2D eigenvalue weighted by molar-refractivity contribution is 6.98. The van der Waals surface area contributed by atoms with Gasteiger partial charge in [0.15, 0.2) is 5.78 Å². The molecule has 29 heavy (non-hydrogen) atoms. The second kappa shape index (κ2) is 7.01. The molecular weight excluding hydrogens is 380 g/mol. The number of esters is 1. The quantitative estimate of drug-likeness (QED) is 0.625.